The molecular weight excluding hydrogens is 202 g/mol. The molecule has 3 heteroatoms. The van der Waals surface area contributed by atoms with Crippen molar-refractivity contribution in [1.29, 1.82) is 0 Å². The highest BCUT2D eigenvalue weighted by Crippen LogP contribution is 2.34. The van der Waals surface area contributed by atoms with E-state index in [2.05, 4.69) is 6.92 Å². The summed E-state index contributed by atoms with van der Waals surface area (Å²) in [5, 5.41) is 0. The van der Waals surface area contributed by atoms with Crippen LogP contribution in [0.5, 0.6) is 0 Å². The van der Waals surface area contributed by atoms with E-state index in [1.807, 2.05) is 19.9 Å². The average Bonchev–Trinajstić information content (AvgIpc) is 2.57. The molecule has 1 heterocycles. The Morgan fingerprint density at radius 2 is 2.12 bits per heavy atom. The van der Waals surface area contributed by atoms with Crippen molar-refractivity contribution in [3.05, 3.63) is 11.8 Å². The van der Waals surface area contributed by atoms with Crippen molar-refractivity contribution in [2.45, 2.75) is 58.9 Å². The number of carbonyl (C=O) groups excluding carboxylic acids is 1. The first-order valence-corrected chi connectivity index (χ1v) is 6.24. The van der Waals surface area contributed by atoms with Gasteiger partial charge in [-0.15, -0.1) is 0 Å². The predicted molar refractivity (Wildman–Crippen MR) is 64.7 cm³/mol. The Balaban J connectivity index is 2.55. The van der Waals surface area contributed by atoms with E-state index in [4.69, 9.17) is 10.5 Å². The van der Waals surface area contributed by atoms with Gasteiger partial charge in [0.05, 0.1) is 11.5 Å². The molecule has 0 bridgehead atoms. The molecule has 0 fully saturated rings. The maximum Gasteiger partial charge on any atom is 0.320 e. The summed E-state index contributed by atoms with van der Waals surface area (Å²) in [4.78, 5) is 11.6. The summed E-state index contributed by atoms with van der Waals surface area (Å²) >= 11 is 0. The van der Waals surface area contributed by atoms with Crippen LogP contribution in [0.3, 0.4) is 0 Å². The number of esters is 1. The summed E-state index contributed by atoms with van der Waals surface area (Å²) in [6, 6.07) is -0.121. The number of nitrogens with two attached hydrogens (primary N) is 1. The molecule has 0 aromatic rings. The minimum atomic E-state index is -0.461. The first-order chi connectivity index (χ1) is 7.53. The fourth-order valence-electron chi connectivity index (χ4n) is 1.81. The molecule has 1 aliphatic heterocycles. The Bertz CT molecular complexity index is 286. The molecule has 92 valence electrons. The van der Waals surface area contributed by atoms with Crippen molar-refractivity contribution >= 4 is 5.97 Å². The fourth-order valence-corrected chi connectivity index (χ4v) is 1.81. The number of carbonyl (C=O) groups is 1. The monoisotopic (exact) mass is 225 g/mol. The van der Waals surface area contributed by atoms with E-state index < -0.39 is 5.41 Å². The van der Waals surface area contributed by atoms with Gasteiger partial charge in [-0.05, 0) is 25.8 Å². The van der Waals surface area contributed by atoms with Crippen LogP contribution in [0.1, 0.15) is 52.9 Å². The summed E-state index contributed by atoms with van der Waals surface area (Å²) in [6.07, 6.45) is 7.02. The van der Waals surface area contributed by atoms with E-state index in [0.29, 0.717) is 5.76 Å². The Kier molecular flexibility index (Phi) is 4.54. The van der Waals surface area contributed by atoms with Crippen LogP contribution in [0, 0.1) is 5.41 Å². The average molecular weight is 225 g/mol. The molecule has 0 spiro atoms. The van der Waals surface area contributed by atoms with Crippen LogP contribution in [0.4, 0.5) is 0 Å². The van der Waals surface area contributed by atoms with Gasteiger partial charge in [0.25, 0.3) is 0 Å². The van der Waals surface area contributed by atoms with E-state index in [1.165, 1.54) is 12.8 Å². The minimum Gasteiger partial charge on any atom is -0.429 e. The Morgan fingerprint density at radius 3 is 2.62 bits per heavy atom. The zero-order valence-corrected chi connectivity index (χ0v) is 10.6. The number of hydrogen-bond acceptors (Lipinski definition) is 3. The first-order valence-electron chi connectivity index (χ1n) is 6.24. The predicted octanol–water partition coefficient (Wildman–Crippen LogP) is 2.75. The summed E-state index contributed by atoms with van der Waals surface area (Å²) in [6.45, 7) is 6.05. The number of hydrogen-bond donors (Lipinski definition) is 1. The smallest absolute Gasteiger partial charge is 0.320 e. The van der Waals surface area contributed by atoms with Gasteiger partial charge in [-0.25, -0.2) is 0 Å². The van der Waals surface area contributed by atoms with E-state index in [0.717, 1.165) is 19.3 Å². The Hall–Kier alpha value is -0.830. The molecule has 0 aliphatic carbocycles. The third-order valence-electron chi connectivity index (χ3n) is 3.36. The van der Waals surface area contributed by atoms with Crippen LogP contribution < -0.4 is 5.73 Å². The lowest BCUT2D eigenvalue weighted by molar-refractivity contribution is -0.144. The van der Waals surface area contributed by atoms with Gasteiger partial charge in [-0.3, -0.25) is 4.79 Å². The number of unbranched alkanes of at least 4 members (excludes halogenated alkanes) is 2. The van der Waals surface area contributed by atoms with E-state index in [1.54, 1.807) is 0 Å². The van der Waals surface area contributed by atoms with E-state index >= 15 is 0 Å². The van der Waals surface area contributed by atoms with Crippen LogP contribution >= 0.6 is 0 Å². The van der Waals surface area contributed by atoms with Crippen LogP contribution in [0.25, 0.3) is 0 Å². The van der Waals surface area contributed by atoms with Crippen molar-refractivity contribution in [1.82, 2.24) is 0 Å². The number of cyclic esters (lactones) is 1. The van der Waals surface area contributed by atoms with Gasteiger partial charge < -0.3 is 10.5 Å². The molecule has 1 rings (SSSR count). The highest BCUT2D eigenvalue weighted by atomic mass is 16.5. The summed E-state index contributed by atoms with van der Waals surface area (Å²) in [7, 11) is 0. The standard InChI is InChI=1S/C13H23NO2/c1-4-6-7-8-10(14)11-9-13(3,5-2)12(15)16-11/h9-10H,4-8,14H2,1-3H3. The molecule has 0 saturated carbocycles. The second kappa shape index (κ2) is 5.48. The van der Waals surface area contributed by atoms with Crippen molar-refractivity contribution in [2.75, 3.05) is 0 Å². The molecule has 0 amide bonds. The molecule has 1 aliphatic rings. The third kappa shape index (κ3) is 2.85. The van der Waals surface area contributed by atoms with Crippen LogP contribution in [0.2, 0.25) is 0 Å². The zero-order chi connectivity index (χ0) is 12.2. The van der Waals surface area contributed by atoms with Crippen LogP contribution in [-0.4, -0.2) is 12.0 Å². The highest BCUT2D eigenvalue weighted by Gasteiger charge is 2.39. The Labute approximate surface area is 98.0 Å². The second-order valence-corrected chi connectivity index (χ2v) is 4.81. The van der Waals surface area contributed by atoms with Gasteiger partial charge in [0.2, 0.25) is 0 Å². The van der Waals surface area contributed by atoms with Crippen LogP contribution in [-0.2, 0) is 9.53 Å². The van der Waals surface area contributed by atoms with Gasteiger partial charge >= 0.3 is 5.97 Å². The molecular formula is C13H23NO2. The largest absolute Gasteiger partial charge is 0.429 e. The number of ether oxygens (including phenoxy) is 1. The van der Waals surface area contributed by atoms with Gasteiger partial charge in [0.1, 0.15) is 5.76 Å². The van der Waals surface area contributed by atoms with Crippen molar-refractivity contribution in [3.8, 4) is 0 Å². The molecule has 2 unspecified atom stereocenters. The van der Waals surface area contributed by atoms with E-state index in [9.17, 15) is 4.79 Å². The van der Waals surface area contributed by atoms with Gasteiger partial charge in [-0.2, -0.15) is 0 Å². The summed E-state index contributed by atoms with van der Waals surface area (Å²) in [5.41, 5.74) is 5.55. The van der Waals surface area contributed by atoms with Crippen LogP contribution in [0.15, 0.2) is 11.8 Å². The van der Waals surface area contributed by atoms with Crippen molar-refractivity contribution in [2.24, 2.45) is 11.1 Å². The number of rotatable bonds is 6. The van der Waals surface area contributed by atoms with Crippen molar-refractivity contribution in [3.63, 3.8) is 0 Å². The lowest BCUT2D eigenvalue weighted by Gasteiger charge is -2.13. The maximum absolute atomic E-state index is 11.6. The molecule has 2 N–H and O–H groups in total. The highest BCUT2D eigenvalue weighted by molar-refractivity contribution is 5.82. The molecule has 0 radical (unpaired) electrons. The van der Waals surface area contributed by atoms with Gasteiger partial charge in [-0.1, -0.05) is 33.1 Å². The summed E-state index contributed by atoms with van der Waals surface area (Å²) in [5.74, 6) is 0.515. The quantitative estimate of drug-likeness (QED) is 0.558. The third-order valence-corrected chi connectivity index (χ3v) is 3.36. The maximum atomic E-state index is 11.6. The lowest BCUT2D eigenvalue weighted by Crippen LogP contribution is -2.24. The molecule has 0 aromatic heterocycles. The van der Waals surface area contributed by atoms with Gasteiger partial charge in [0, 0.05) is 0 Å². The zero-order valence-electron chi connectivity index (χ0n) is 10.6. The van der Waals surface area contributed by atoms with Crippen molar-refractivity contribution < 1.29 is 9.53 Å². The molecule has 0 aromatic carbocycles. The normalized spacial score (nSPS) is 26.5. The first kappa shape index (κ1) is 13.2. The minimum absolute atomic E-state index is 0.121. The van der Waals surface area contributed by atoms with Gasteiger partial charge in [0.15, 0.2) is 0 Å². The fraction of sp³-hybridized carbons (Fsp3) is 0.769. The summed E-state index contributed by atoms with van der Waals surface area (Å²) < 4.78 is 5.26. The molecule has 2 atom stereocenters. The topological polar surface area (TPSA) is 52.3 Å². The molecule has 0 saturated heterocycles. The van der Waals surface area contributed by atoms with E-state index in [-0.39, 0.29) is 12.0 Å². The second-order valence-electron chi connectivity index (χ2n) is 4.81. The SMILES string of the molecule is CCCCCC(N)C1=CC(C)(CC)C(=O)O1. The lowest BCUT2D eigenvalue weighted by atomic mass is 9.88. The molecule has 16 heavy (non-hydrogen) atoms. The molecule has 3 nitrogen and oxygen atoms in total. The Morgan fingerprint density at radius 1 is 1.44 bits per heavy atom.